The van der Waals surface area contributed by atoms with Gasteiger partial charge in [-0.15, -0.1) is 11.3 Å². The monoisotopic (exact) mass is 331 g/mol. The molecule has 1 aromatic rings. The SMILES string of the molecule is CNS(=O)(=O)c1csc(C(=O)NCCC2CCCNC2)c1. The second-order valence-corrected chi connectivity index (χ2v) is 7.91. The molecule has 6 nitrogen and oxygen atoms in total. The lowest BCUT2D eigenvalue weighted by atomic mass is 9.96. The summed E-state index contributed by atoms with van der Waals surface area (Å²) < 4.78 is 25.5. The highest BCUT2D eigenvalue weighted by Crippen LogP contribution is 2.19. The number of rotatable bonds is 6. The summed E-state index contributed by atoms with van der Waals surface area (Å²) >= 11 is 1.14. The number of sulfonamides is 1. The molecule has 21 heavy (non-hydrogen) atoms. The number of hydrogen-bond acceptors (Lipinski definition) is 5. The first-order chi connectivity index (χ1) is 10.0. The summed E-state index contributed by atoms with van der Waals surface area (Å²) in [6, 6.07) is 1.41. The van der Waals surface area contributed by atoms with Crippen molar-refractivity contribution in [3.05, 3.63) is 16.3 Å². The first-order valence-electron chi connectivity index (χ1n) is 7.04. The van der Waals surface area contributed by atoms with Crippen LogP contribution < -0.4 is 15.4 Å². The van der Waals surface area contributed by atoms with Crippen LogP contribution in [0.15, 0.2) is 16.3 Å². The summed E-state index contributed by atoms with van der Waals surface area (Å²) in [5, 5.41) is 7.68. The normalized spacial score (nSPS) is 19.4. The van der Waals surface area contributed by atoms with Gasteiger partial charge in [0.1, 0.15) is 0 Å². The number of carbonyl (C=O) groups excluding carboxylic acids is 1. The Morgan fingerprint density at radius 3 is 3.00 bits per heavy atom. The molecule has 118 valence electrons. The lowest BCUT2D eigenvalue weighted by Crippen LogP contribution is -2.33. The van der Waals surface area contributed by atoms with E-state index in [-0.39, 0.29) is 10.8 Å². The second kappa shape index (κ2) is 7.35. The predicted molar refractivity (Wildman–Crippen MR) is 83.1 cm³/mol. The maximum Gasteiger partial charge on any atom is 0.261 e. The first kappa shape index (κ1) is 16.4. The minimum atomic E-state index is -3.48. The van der Waals surface area contributed by atoms with Crippen LogP contribution in [0.1, 0.15) is 28.9 Å². The number of nitrogens with one attached hydrogen (secondary N) is 3. The Hall–Kier alpha value is -0.960. The van der Waals surface area contributed by atoms with Gasteiger partial charge in [0.15, 0.2) is 0 Å². The third kappa shape index (κ3) is 4.50. The first-order valence-corrected chi connectivity index (χ1v) is 9.40. The molecule has 2 rings (SSSR count). The maximum absolute atomic E-state index is 12.0. The van der Waals surface area contributed by atoms with E-state index in [9.17, 15) is 13.2 Å². The van der Waals surface area contributed by atoms with Crippen LogP contribution in [0.4, 0.5) is 0 Å². The van der Waals surface area contributed by atoms with E-state index in [2.05, 4.69) is 15.4 Å². The van der Waals surface area contributed by atoms with Gasteiger partial charge in [0.25, 0.3) is 5.91 Å². The van der Waals surface area contributed by atoms with Crippen molar-refractivity contribution >= 4 is 27.3 Å². The molecule has 8 heteroatoms. The molecular weight excluding hydrogens is 310 g/mol. The third-order valence-electron chi connectivity index (χ3n) is 3.62. The molecule has 1 atom stereocenters. The number of thiophene rings is 1. The summed E-state index contributed by atoms with van der Waals surface area (Å²) in [5.74, 6) is 0.406. The van der Waals surface area contributed by atoms with Gasteiger partial charge in [0, 0.05) is 11.9 Å². The zero-order chi connectivity index (χ0) is 15.3. The molecule has 1 unspecified atom stereocenters. The minimum absolute atomic E-state index is 0.136. The molecule has 1 aliphatic heterocycles. The van der Waals surface area contributed by atoms with Crippen molar-refractivity contribution in [3.8, 4) is 0 Å². The highest BCUT2D eigenvalue weighted by molar-refractivity contribution is 7.89. The smallest absolute Gasteiger partial charge is 0.261 e. The molecule has 0 spiro atoms. The van der Waals surface area contributed by atoms with E-state index in [4.69, 9.17) is 0 Å². The van der Waals surface area contributed by atoms with E-state index in [0.717, 1.165) is 30.8 Å². The molecule has 3 N–H and O–H groups in total. The number of carbonyl (C=O) groups is 1. The Morgan fingerprint density at radius 1 is 1.52 bits per heavy atom. The van der Waals surface area contributed by atoms with Gasteiger partial charge in [-0.25, -0.2) is 13.1 Å². The highest BCUT2D eigenvalue weighted by atomic mass is 32.2. The van der Waals surface area contributed by atoms with Crippen LogP contribution in [-0.2, 0) is 10.0 Å². The Balaban J connectivity index is 1.83. The molecule has 1 aromatic heterocycles. The fourth-order valence-electron chi connectivity index (χ4n) is 2.34. The molecule has 1 amide bonds. The van der Waals surface area contributed by atoms with Crippen LogP contribution in [0.5, 0.6) is 0 Å². The average molecular weight is 331 g/mol. The Bertz CT molecular complexity index is 577. The molecule has 1 fully saturated rings. The van der Waals surface area contributed by atoms with Gasteiger partial charge in [-0.05, 0) is 51.4 Å². The van der Waals surface area contributed by atoms with Crippen molar-refractivity contribution in [1.82, 2.24) is 15.4 Å². The predicted octanol–water partition coefficient (Wildman–Crippen LogP) is 0.776. The summed E-state index contributed by atoms with van der Waals surface area (Å²) in [6.45, 7) is 2.72. The van der Waals surface area contributed by atoms with E-state index in [1.165, 1.54) is 31.3 Å². The Morgan fingerprint density at radius 2 is 2.33 bits per heavy atom. The van der Waals surface area contributed by atoms with E-state index in [1.807, 2.05) is 0 Å². The molecule has 1 aliphatic rings. The van der Waals surface area contributed by atoms with Gasteiger partial charge in [-0.2, -0.15) is 0 Å². The molecule has 0 aliphatic carbocycles. The maximum atomic E-state index is 12.0. The van der Waals surface area contributed by atoms with Crippen LogP contribution in [-0.4, -0.2) is 41.0 Å². The van der Waals surface area contributed by atoms with E-state index in [1.54, 1.807) is 0 Å². The second-order valence-electron chi connectivity index (χ2n) is 5.11. The van der Waals surface area contributed by atoms with E-state index < -0.39 is 10.0 Å². The molecule has 0 bridgehead atoms. The van der Waals surface area contributed by atoms with Crippen LogP contribution >= 0.6 is 11.3 Å². The van der Waals surface area contributed by atoms with Gasteiger partial charge < -0.3 is 10.6 Å². The number of piperidine rings is 1. The van der Waals surface area contributed by atoms with Crippen molar-refractivity contribution in [2.24, 2.45) is 5.92 Å². The zero-order valence-corrected chi connectivity index (χ0v) is 13.6. The Labute approximate surface area is 129 Å². The largest absolute Gasteiger partial charge is 0.351 e. The number of amides is 1. The zero-order valence-electron chi connectivity index (χ0n) is 12.0. The standard InChI is InChI=1S/C13H21N3O3S2/c1-14-21(18,19)11-7-12(20-9-11)13(17)16-6-4-10-3-2-5-15-8-10/h7,9-10,14-15H,2-6,8H2,1H3,(H,16,17). The molecule has 0 radical (unpaired) electrons. The van der Waals surface area contributed by atoms with E-state index in [0.29, 0.717) is 17.3 Å². The van der Waals surface area contributed by atoms with Crippen LogP contribution in [0.25, 0.3) is 0 Å². The van der Waals surface area contributed by atoms with Crippen LogP contribution in [0.3, 0.4) is 0 Å². The van der Waals surface area contributed by atoms with Crippen LogP contribution in [0, 0.1) is 5.92 Å². The van der Waals surface area contributed by atoms with Crippen molar-refractivity contribution in [3.63, 3.8) is 0 Å². The fourth-order valence-corrected chi connectivity index (χ4v) is 4.26. The quantitative estimate of drug-likeness (QED) is 0.719. The summed E-state index contributed by atoms with van der Waals surface area (Å²) in [4.78, 5) is 12.5. The summed E-state index contributed by atoms with van der Waals surface area (Å²) in [7, 11) is -2.12. The van der Waals surface area contributed by atoms with E-state index >= 15 is 0 Å². The average Bonchev–Trinajstić information content (AvgIpc) is 2.99. The van der Waals surface area contributed by atoms with Gasteiger partial charge in [-0.1, -0.05) is 0 Å². The lowest BCUT2D eigenvalue weighted by Gasteiger charge is -2.22. The number of hydrogen-bond donors (Lipinski definition) is 3. The molecule has 0 saturated carbocycles. The van der Waals surface area contributed by atoms with Crippen LogP contribution in [0.2, 0.25) is 0 Å². The van der Waals surface area contributed by atoms with Crippen molar-refractivity contribution in [2.75, 3.05) is 26.7 Å². The lowest BCUT2D eigenvalue weighted by molar-refractivity contribution is 0.0954. The molecule has 1 saturated heterocycles. The molecular formula is C13H21N3O3S2. The molecule has 2 heterocycles. The summed E-state index contributed by atoms with van der Waals surface area (Å²) in [6.07, 6.45) is 3.34. The Kier molecular flexibility index (Phi) is 5.74. The third-order valence-corrected chi connectivity index (χ3v) is 6.09. The minimum Gasteiger partial charge on any atom is -0.351 e. The van der Waals surface area contributed by atoms with Crippen molar-refractivity contribution in [2.45, 2.75) is 24.2 Å². The van der Waals surface area contributed by atoms with Gasteiger partial charge in [0.2, 0.25) is 10.0 Å². The molecule has 0 aromatic carbocycles. The summed E-state index contributed by atoms with van der Waals surface area (Å²) in [5.41, 5.74) is 0. The van der Waals surface area contributed by atoms with Crippen molar-refractivity contribution in [1.29, 1.82) is 0 Å². The van der Waals surface area contributed by atoms with Gasteiger partial charge >= 0.3 is 0 Å². The van der Waals surface area contributed by atoms with Gasteiger partial charge in [-0.3, -0.25) is 4.79 Å². The van der Waals surface area contributed by atoms with Crippen molar-refractivity contribution < 1.29 is 13.2 Å². The highest BCUT2D eigenvalue weighted by Gasteiger charge is 2.17. The topological polar surface area (TPSA) is 87.3 Å². The van der Waals surface area contributed by atoms with Gasteiger partial charge in [0.05, 0.1) is 9.77 Å². The fraction of sp³-hybridized carbons (Fsp3) is 0.615.